The topological polar surface area (TPSA) is 134 Å². The zero-order valence-electron chi connectivity index (χ0n) is 32.4. The Labute approximate surface area is 345 Å². The lowest BCUT2D eigenvalue weighted by molar-refractivity contribution is -0.160. The van der Waals surface area contributed by atoms with Gasteiger partial charge in [-0.1, -0.05) is 122 Å². The predicted molar refractivity (Wildman–Crippen MR) is 214 cm³/mol. The quantitative estimate of drug-likeness (QED) is 0.0732. The van der Waals surface area contributed by atoms with Crippen LogP contribution in [-0.2, 0) is 49.3 Å². The van der Waals surface area contributed by atoms with Crippen LogP contribution in [0.15, 0.2) is 62.5 Å². The molecule has 56 heavy (non-hydrogen) atoms. The molecule has 0 bridgehead atoms. The van der Waals surface area contributed by atoms with E-state index in [1.165, 1.54) is 45.6 Å². The van der Waals surface area contributed by atoms with E-state index >= 15 is 0 Å². The fourth-order valence-electron chi connectivity index (χ4n) is 6.28. The Morgan fingerprint density at radius 1 is 0.786 bits per heavy atom. The number of carbonyl (C=O) groups is 3. The Balaban J connectivity index is 0.000000228. The van der Waals surface area contributed by atoms with Gasteiger partial charge in [0.2, 0.25) is 18.9 Å². The van der Waals surface area contributed by atoms with Crippen LogP contribution in [0.25, 0.3) is 0 Å². The number of halogens is 3. The Morgan fingerprint density at radius 3 is 1.91 bits per heavy atom. The summed E-state index contributed by atoms with van der Waals surface area (Å²) in [5.41, 5.74) is 2.64. The molecule has 2 N–H and O–H groups in total. The van der Waals surface area contributed by atoms with Crippen molar-refractivity contribution in [2.24, 2.45) is 0 Å². The summed E-state index contributed by atoms with van der Waals surface area (Å²) < 4.78 is 30.7. The summed E-state index contributed by atoms with van der Waals surface area (Å²) in [7, 11) is 1.48. The second-order valence-electron chi connectivity index (χ2n) is 13.3. The monoisotopic (exact) mass is 835 g/mol. The highest BCUT2D eigenvalue weighted by Gasteiger charge is 2.41. The average Bonchev–Trinajstić information content (AvgIpc) is 3.76. The first-order chi connectivity index (χ1) is 27.0. The van der Waals surface area contributed by atoms with Crippen LogP contribution in [0.2, 0.25) is 0 Å². The summed E-state index contributed by atoms with van der Waals surface area (Å²) in [6, 6.07) is 10.3. The van der Waals surface area contributed by atoms with Crippen molar-refractivity contribution in [3.05, 3.63) is 68.1 Å². The minimum atomic E-state index is -0.861. The summed E-state index contributed by atoms with van der Waals surface area (Å²) in [5.74, 6) is 3.04. The van der Waals surface area contributed by atoms with E-state index in [4.69, 9.17) is 76.1 Å². The van der Waals surface area contributed by atoms with Gasteiger partial charge in [-0.05, 0) is 38.7 Å². The molecule has 4 aliphatic rings. The number of unbranched alkanes of at least 4 members (excludes halogenated alkanes) is 3. The SMILES string of the molecule is C#CCOC1OC(=O)C(Cl)=C1N(C(C)C)C1CCCCC1.C#CCOC1OC(=O)C(Cl)=C1NCc1ccccc1.CCCCCCNC1=C(Cl)C(=O)OC1OC. The molecule has 306 valence electrons. The molecule has 5 rings (SSSR count). The molecular weight excluding hydrogens is 785 g/mol. The number of benzene rings is 1. The maximum absolute atomic E-state index is 11.8. The number of esters is 3. The third-order valence-electron chi connectivity index (χ3n) is 8.90. The maximum Gasteiger partial charge on any atom is 0.354 e. The molecule has 3 unspecified atom stereocenters. The van der Waals surface area contributed by atoms with E-state index in [1.807, 2.05) is 30.3 Å². The molecular formula is C41H52Cl3N3O9. The van der Waals surface area contributed by atoms with Gasteiger partial charge in [0.25, 0.3) is 0 Å². The van der Waals surface area contributed by atoms with E-state index < -0.39 is 36.8 Å². The molecule has 3 atom stereocenters. The zero-order valence-corrected chi connectivity index (χ0v) is 34.6. The lowest BCUT2D eigenvalue weighted by Crippen LogP contribution is -2.44. The van der Waals surface area contributed by atoms with Gasteiger partial charge in [0.1, 0.15) is 30.3 Å². The summed E-state index contributed by atoms with van der Waals surface area (Å²) >= 11 is 17.9. The van der Waals surface area contributed by atoms with Gasteiger partial charge in [0.15, 0.2) is 15.1 Å². The molecule has 1 aromatic carbocycles. The number of nitrogens with zero attached hydrogens (tertiary/aromatic N) is 1. The fraction of sp³-hybridized carbons (Fsp3) is 0.537. The molecule has 3 heterocycles. The molecule has 15 heteroatoms. The van der Waals surface area contributed by atoms with Crippen molar-refractivity contribution in [3.8, 4) is 24.7 Å². The molecule has 3 aliphatic heterocycles. The maximum atomic E-state index is 11.8. The Kier molecular flexibility index (Phi) is 20.5. The van der Waals surface area contributed by atoms with Gasteiger partial charge in [-0.25, -0.2) is 14.4 Å². The molecule has 12 nitrogen and oxygen atoms in total. The van der Waals surface area contributed by atoms with Gasteiger partial charge in [-0.2, -0.15) is 0 Å². The first-order valence-electron chi connectivity index (χ1n) is 18.7. The van der Waals surface area contributed by atoms with Gasteiger partial charge in [-0.15, -0.1) is 12.8 Å². The number of rotatable bonds is 17. The summed E-state index contributed by atoms with van der Waals surface area (Å²) in [6.45, 7) is 7.76. The number of methoxy groups -OCH3 is 1. The van der Waals surface area contributed by atoms with Gasteiger partial charge >= 0.3 is 17.9 Å². The third-order valence-corrected chi connectivity index (χ3v) is 9.96. The fourth-order valence-corrected chi connectivity index (χ4v) is 6.91. The molecule has 0 spiro atoms. The molecule has 0 aromatic heterocycles. The van der Waals surface area contributed by atoms with Crippen molar-refractivity contribution in [2.75, 3.05) is 26.9 Å². The lowest BCUT2D eigenvalue weighted by atomic mass is 9.93. The third kappa shape index (κ3) is 13.7. The van der Waals surface area contributed by atoms with Crippen molar-refractivity contribution in [1.82, 2.24) is 15.5 Å². The van der Waals surface area contributed by atoms with E-state index in [9.17, 15) is 14.4 Å². The number of nitrogens with one attached hydrogen (secondary N) is 2. The molecule has 0 amide bonds. The summed E-state index contributed by atoms with van der Waals surface area (Å²) in [4.78, 5) is 36.5. The summed E-state index contributed by atoms with van der Waals surface area (Å²) in [6.07, 6.45) is 18.5. The van der Waals surface area contributed by atoms with Crippen LogP contribution < -0.4 is 10.6 Å². The minimum absolute atomic E-state index is 0.00190. The predicted octanol–water partition coefficient (Wildman–Crippen LogP) is 6.91. The Hall–Kier alpha value is -3.88. The number of hydrogen-bond acceptors (Lipinski definition) is 12. The molecule has 1 aromatic rings. The van der Waals surface area contributed by atoms with E-state index in [2.05, 4.69) is 48.1 Å². The van der Waals surface area contributed by atoms with Crippen molar-refractivity contribution >= 4 is 52.7 Å². The first-order valence-corrected chi connectivity index (χ1v) is 19.9. The molecule has 0 radical (unpaired) electrons. The average molecular weight is 837 g/mol. The largest absolute Gasteiger partial charge is 0.425 e. The highest BCUT2D eigenvalue weighted by atomic mass is 35.5. The van der Waals surface area contributed by atoms with Crippen LogP contribution in [0.3, 0.4) is 0 Å². The van der Waals surface area contributed by atoms with Gasteiger partial charge in [0.05, 0.1) is 0 Å². The second-order valence-corrected chi connectivity index (χ2v) is 14.4. The zero-order chi connectivity index (χ0) is 41.0. The van der Waals surface area contributed by atoms with Gasteiger partial charge < -0.3 is 44.0 Å². The number of ether oxygens (including phenoxy) is 6. The van der Waals surface area contributed by atoms with Crippen LogP contribution in [-0.4, -0.2) is 80.6 Å². The number of terminal acetylenes is 2. The second kappa shape index (κ2) is 24.7. The van der Waals surface area contributed by atoms with E-state index in [0.717, 1.165) is 31.4 Å². The Bertz CT molecular complexity index is 1650. The van der Waals surface area contributed by atoms with Crippen molar-refractivity contribution in [2.45, 2.75) is 116 Å². The van der Waals surface area contributed by atoms with Crippen LogP contribution >= 0.6 is 34.8 Å². The van der Waals surface area contributed by atoms with Crippen LogP contribution in [0.1, 0.15) is 84.1 Å². The van der Waals surface area contributed by atoms with Gasteiger partial charge in [-0.3, -0.25) is 0 Å². The lowest BCUT2D eigenvalue weighted by Gasteiger charge is -2.40. The number of cyclic esters (lactones) is 3. The van der Waals surface area contributed by atoms with E-state index in [-0.39, 0.29) is 34.4 Å². The van der Waals surface area contributed by atoms with Crippen molar-refractivity contribution < 1.29 is 42.8 Å². The van der Waals surface area contributed by atoms with Gasteiger partial charge in [0, 0.05) is 32.3 Å². The first kappa shape index (κ1) is 46.5. The van der Waals surface area contributed by atoms with Crippen LogP contribution in [0.5, 0.6) is 0 Å². The van der Waals surface area contributed by atoms with E-state index in [0.29, 0.717) is 29.7 Å². The number of carbonyl (C=O) groups excluding carboxylic acids is 3. The summed E-state index contributed by atoms with van der Waals surface area (Å²) in [5, 5.41) is 6.36. The van der Waals surface area contributed by atoms with Crippen LogP contribution in [0, 0.1) is 24.7 Å². The minimum Gasteiger partial charge on any atom is -0.425 e. The van der Waals surface area contributed by atoms with Crippen molar-refractivity contribution in [3.63, 3.8) is 0 Å². The molecule has 1 aliphatic carbocycles. The number of hydrogen-bond donors (Lipinski definition) is 2. The molecule has 1 saturated carbocycles. The Morgan fingerprint density at radius 2 is 1.34 bits per heavy atom. The molecule has 1 fully saturated rings. The van der Waals surface area contributed by atoms with E-state index in [1.54, 1.807) is 0 Å². The smallest absolute Gasteiger partial charge is 0.354 e. The highest BCUT2D eigenvalue weighted by molar-refractivity contribution is 6.43. The standard InChI is InChI=1S/C16H22ClNO3.C14H12ClNO3.C11H18ClNO3/c1-4-10-20-16-14(13(17)15(19)21-16)18(11(2)3)12-8-6-5-7-9-12;1-2-8-18-14-12(11(15)13(17)19-14)16-9-10-6-4-3-5-7-10;1-3-4-5-6-7-13-9-8(12)10(14)16-11(9)15-2/h1,11-12,16H,5-10H2,2-3H3;1,3-7,14,16H,8-9H2;11,13H,3-7H2,1-2H3. The normalized spacial score (nSPS) is 20.7. The van der Waals surface area contributed by atoms with Crippen molar-refractivity contribution in [1.29, 1.82) is 0 Å². The molecule has 0 saturated heterocycles. The highest BCUT2D eigenvalue weighted by Crippen LogP contribution is 2.36. The van der Waals surface area contributed by atoms with Crippen LogP contribution in [0.4, 0.5) is 0 Å².